The molecular weight excluding hydrogens is 267 g/mol. The quantitative estimate of drug-likeness (QED) is 0.777. The van der Waals surface area contributed by atoms with E-state index in [1.165, 1.54) is 6.20 Å². The fraction of sp³-hybridized carbons (Fsp3) is 0.167. The summed E-state index contributed by atoms with van der Waals surface area (Å²) in [5, 5.41) is 0. The zero-order valence-corrected chi connectivity index (χ0v) is 7.43. The molecule has 0 aromatic carbocycles. The first-order valence-electron chi connectivity index (χ1n) is 2.77. The summed E-state index contributed by atoms with van der Waals surface area (Å²) in [5.74, 6) is 0. The molecule has 1 rings (SSSR count). The van der Waals surface area contributed by atoms with Crippen LogP contribution in [0.25, 0.3) is 0 Å². The first kappa shape index (κ1) is 8.63. The van der Waals surface area contributed by atoms with E-state index in [0.29, 0.717) is 3.57 Å². The van der Waals surface area contributed by atoms with Crippen molar-refractivity contribution < 1.29 is 8.78 Å². The zero-order chi connectivity index (χ0) is 8.43. The number of hydrogen-bond acceptors (Lipinski definition) is 1. The molecule has 11 heavy (non-hydrogen) atoms. The Hall–Kier alpha value is -0.460. The molecule has 0 aliphatic carbocycles. The second kappa shape index (κ2) is 3.29. The number of hydrogen-bond donors (Lipinski definition) is 1. The maximum atomic E-state index is 11.9. The Morgan fingerprint density at radius 2 is 2.18 bits per heavy atom. The van der Waals surface area contributed by atoms with E-state index in [4.69, 9.17) is 0 Å². The molecule has 0 saturated carbocycles. The molecule has 0 bridgehead atoms. The lowest BCUT2D eigenvalue weighted by Crippen LogP contribution is -2.06. The minimum atomic E-state index is -2.61. The van der Waals surface area contributed by atoms with E-state index in [2.05, 4.69) is 4.98 Å². The van der Waals surface area contributed by atoms with Gasteiger partial charge in [-0.3, -0.25) is 4.79 Å². The lowest BCUT2D eigenvalue weighted by molar-refractivity contribution is 0.146. The average molecular weight is 271 g/mol. The van der Waals surface area contributed by atoms with Crippen LogP contribution in [0, 0.1) is 3.57 Å². The van der Waals surface area contributed by atoms with Crippen LogP contribution in [0.3, 0.4) is 0 Å². The largest absolute Gasteiger partial charge is 0.359 e. The summed E-state index contributed by atoms with van der Waals surface area (Å²) >= 11 is 1.78. The van der Waals surface area contributed by atoms with Crippen molar-refractivity contribution in [1.82, 2.24) is 4.98 Å². The second-order valence-corrected chi connectivity index (χ2v) is 3.06. The van der Waals surface area contributed by atoms with Crippen molar-refractivity contribution in [3.8, 4) is 0 Å². The average Bonchev–Trinajstić information content (AvgIpc) is 1.94. The summed E-state index contributed by atoms with van der Waals surface area (Å²) < 4.78 is 24.2. The van der Waals surface area contributed by atoms with E-state index >= 15 is 0 Å². The molecule has 0 aliphatic rings. The smallest absolute Gasteiger partial charge is 0.278 e. The summed E-state index contributed by atoms with van der Waals surface area (Å²) in [5.41, 5.74) is -0.713. The molecule has 1 aromatic heterocycles. The third-order valence-electron chi connectivity index (χ3n) is 1.12. The van der Waals surface area contributed by atoms with Gasteiger partial charge in [-0.25, -0.2) is 8.78 Å². The monoisotopic (exact) mass is 271 g/mol. The van der Waals surface area contributed by atoms with Crippen molar-refractivity contribution >= 4 is 22.6 Å². The van der Waals surface area contributed by atoms with E-state index in [0.717, 1.165) is 6.07 Å². The van der Waals surface area contributed by atoms with Crippen LogP contribution >= 0.6 is 22.6 Å². The molecule has 0 unspecified atom stereocenters. The summed E-state index contributed by atoms with van der Waals surface area (Å²) in [6.07, 6.45) is -1.34. The van der Waals surface area contributed by atoms with Crippen LogP contribution in [0.4, 0.5) is 8.78 Å². The third kappa shape index (κ3) is 1.98. The number of aromatic amines is 1. The maximum absolute atomic E-state index is 11.9. The summed E-state index contributed by atoms with van der Waals surface area (Å²) in [6.45, 7) is 0. The molecule has 0 saturated heterocycles. The summed E-state index contributed by atoms with van der Waals surface area (Å²) in [6, 6.07) is 0.909. The Morgan fingerprint density at radius 1 is 1.55 bits per heavy atom. The van der Waals surface area contributed by atoms with Crippen LogP contribution in [-0.4, -0.2) is 4.98 Å². The Balaban J connectivity index is 3.16. The fourth-order valence-corrected chi connectivity index (χ4v) is 0.907. The van der Waals surface area contributed by atoms with E-state index in [1.807, 2.05) is 0 Å². The number of alkyl halides is 2. The van der Waals surface area contributed by atoms with Crippen molar-refractivity contribution in [3.63, 3.8) is 0 Å². The second-order valence-electron chi connectivity index (χ2n) is 1.90. The molecule has 1 heterocycles. The first-order valence-corrected chi connectivity index (χ1v) is 3.85. The Kier molecular flexibility index (Phi) is 2.58. The van der Waals surface area contributed by atoms with Gasteiger partial charge in [-0.2, -0.15) is 0 Å². The van der Waals surface area contributed by atoms with E-state index < -0.39 is 6.43 Å². The fourth-order valence-electron chi connectivity index (χ4n) is 0.596. The van der Waals surface area contributed by atoms with Gasteiger partial charge >= 0.3 is 0 Å². The van der Waals surface area contributed by atoms with Gasteiger partial charge in [0.05, 0.1) is 9.26 Å². The highest BCUT2D eigenvalue weighted by molar-refractivity contribution is 14.1. The van der Waals surface area contributed by atoms with Crippen molar-refractivity contribution in [1.29, 1.82) is 0 Å². The van der Waals surface area contributed by atoms with E-state index in [1.54, 1.807) is 22.6 Å². The van der Waals surface area contributed by atoms with Crippen molar-refractivity contribution in [2.75, 3.05) is 0 Å². The van der Waals surface area contributed by atoms with Crippen LogP contribution < -0.4 is 5.43 Å². The Bertz CT molecular complexity index is 310. The van der Waals surface area contributed by atoms with Crippen LogP contribution in [0.15, 0.2) is 17.1 Å². The van der Waals surface area contributed by atoms with E-state index in [9.17, 15) is 13.6 Å². The molecule has 60 valence electrons. The Morgan fingerprint density at radius 3 is 2.64 bits per heavy atom. The maximum Gasteiger partial charge on any atom is 0.278 e. The molecule has 5 heteroatoms. The topological polar surface area (TPSA) is 32.9 Å². The van der Waals surface area contributed by atoms with E-state index in [-0.39, 0.29) is 11.1 Å². The minimum Gasteiger partial charge on any atom is -0.359 e. The van der Waals surface area contributed by atoms with Crippen LogP contribution in [0.5, 0.6) is 0 Å². The van der Waals surface area contributed by atoms with Crippen LogP contribution in [-0.2, 0) is 0 Å². The van der Waals surface area contributed by atoms with Gasteiger partial charge in [0, 0.05) is 12.3 Å². The van der Waals surface area contributed by atoms with Gasteiger partial charge in [0.25, 0.3) is 6.43 Å². The van der Waals surface area contributed by atoms with Gasteiger partial charge in [-0.15, -0.1) is 0 Å². The highest BCUT2D eigenvalue weighted by Gasteiger charge is 2.07. The van der Waals surface area contributed by atoms with Gasteiger partial charge in [0.1, 0.15) is 0 Å². The molecule has 0 atom stereocenters. The third-order valence-corrected chi connectivity index (χ3v) is 1.97. The number of H-pyrrole nitrogens is 1. The number of aromatic nitrogens is 1. The van der Waals surface area contributed by atoms with Gasteiger partial charge in [0.2, 0.25) is 0 Å². The molecule has 2 nitrogen and oxygen atoms in total. The number of halogens is 3. The SMILES string of the molecule is O=c1cc(C(F)F)[nH]cc1I. The standard InChI is InChI=1S/C6H4F2INO/c7-6(8)4-1-5(11)3(9)2-10-4/h1-2,6H,(H,10,11). The van der Waals surface area contributed by atoms with Crippen LogP contribution in [0.1, 0.15) is 12.1 Å². The molecular formula is C6H4F2INO. The number of pyridine rings is 1. The number of rotatable bonds is 1. The molecule has 0 fully saturated rings. The predicted octanol–water partition coefficient (Wildman–Crippen LogP) is 1.92. The number of nitrogens with one attached hydrogen (secondary N) is 1. The normalized spacial score (nSPS) is 10.5. The lowest BCUT2D eigenvalue weighted by atomic mass is 10.3. The molecule has 0 spiro atoms. The first-order chi connectivity index (χ1) is 5.11. The summed E-state index contributed by atoms with van der Waals surface area (Å²) in [4.78, 5) is 13.1. The highest BCUT2D eigenvalue weighted by Crippen LogP contribution is 2.13. The molecule has 0 aliphatic heterocycles. The zero-order valence-electron chi connectivity index (χ0n) is 5.27. The molecule has 1 N–H and O–H groups in total. The Labute approximate surface area is 74.8 Å². The van der Waals surface area contributed by atoms with Gasteiger partial charge in [0.15, 0.2) is 5.43 Å². The molecule has 1 aromatic rings. The molecule has 0 amide bonds. The highest BCUT2D eigenvalue weighted by atomic mass is 127. The van der Waals surface area contributed by atoms with Crippen molar-refractivity contribution in [3.05, 3.63) is 31.8 Å². The van der Waals surface area contributed by atoms with Gasteiger partial charge < -0.3 is 4.98 Å². The van der Waals surface area contributed by atoms with Crippen molar-refractivity contribution in [2.24, 2.45) is 0 Å². The van der Waals surface area contributed by atoms with Gasteiger partial charge in [-0.1, -0.05) is 0 Å². The summed E-state index contributed by atoms with van der Waals surface area (Å²) in [7, 11) is 0. The van der Waals surface area contributed by atoms with Crippen LogP contribution in [0.2, 0.25) is 0 Å². The van der Waals surface area contributed by atoms with Gasteiger partial charge in [-0.05, 0) is 22.6 Å². The minimum absolute atomic E-state index is 0.338. The molecule has 0 radical (unpaired) electrons. The predicted molar refractivity (Wildman–Crippen MR) is 44.7 cm³/mol. The lowest BCUT2D eigenvalue weighted by Gasteiger charge is -1.97. The van der Waals surface area contributed by atoms with Crippen molar-refractivity contribution in [2.45, 2.75) is 6.43 Å².